The van der Waals surface area contributed by atoms with Gasteiger partial charge in [-0.1, -0.05) is 158 Å². The smallest absolute Gasteiger partial charge is 0.164 e. The summed E-state index contributed by atoms with van der Waals surface area (Å²) in [6.07, 6.45) is 0. The molecule has 2 aromatic heterocycles. The summed E-state index contributed by atoms with van der Waals surface area (Å²) < 4.78 is 6.32. The predicted molar refractivity (Wildman–Crippen MR) is 192 cm³/mol. The van der Waals surface area contributed by atoms with Gasteiger partial charge in [-0.25, -0.2) is 15.0 Å². The van der Waals surface area contributed by atoms with Crippen molar-refractivity contribution in [3.8, 4) is 56.4 Å². The maximum Gasteiger partial charge on any atom is 0.164 e. The fraction of sp³-hybridized carbons (Fsp3) is 0. The third kappa shape index (κ3) is 4.75. The molecule has 0 saturated carbocycles. The molecule has 0 atom stereocenters. The van der Waals surface area contributed by atoms with Crippen molar-refractivity contribution < 1.29 is 4.42 Å². The van der Waals surface area contributed by atoms with Crippen molar-refractivity contribution >= 4 is 32.7 Å². The van der Waals surface area contributed by atoms with E-state index in [1.807, 2.05) is 54.6 Å². The predicted octanol–water partition coefficient (Wildman–Crippen LogP) is 11.3. The molecular weight excluding hydrogens is 574 g/mol. The van der Waals surface area contributed by atoms with Crippen LogP contribution in [-0.2, 0) is 0 Å². The number of para-hydroxylation sites is 2. The molecule has 0 amide bonds. The molecule has 9 rings (SSSR count). The maximum absolute atomic E-state index is 6.32. The minimum absolute atomic E-state index is 0.620. The fourth-order valence-electron chi connectivity index (χ4n) is 6.49. The maximum atomic E-state index is 6.32. The normalized spacial score (nSPS) is 11.4. The van der Waals surface area contributed by atoms with Crippen LogP contribution in [-0.4, -0.2) is 15.0 Å². The lowest BCUT2D eigenvalue weighted by atomic mass is 9.94. The second-order valence-electron chi connectivity index (χ2n) is 11.6. The van der Waals surface area contributed by atoms with Gasteiger partial charge in [-0.15, -0.1) is 0 Å². The van der Waals surface area contributed by atoms with Crippen LogP contribution >= 0.6 is 0 Å². The first-order chi connectivity index (χ1) is 23.3. The summed E-state index contributed by atoms with van der Waals surface area (Å²) >= 11 is 0. The molecule has 0 saturated heterocycles. The number of fused-ring (bicyclic) bond motifs is 4. The summed E-state index contributed by atoms with van der Waals surface area (Å²) in [5.74, 6) is 1.89. The highest BCUT2D eigenvalue weighted by Crippen LogP contribution is 2.38. The Balaban J connectivity index is 1.18. The highest BCUT2D eigenvalue weighted by molar-refractivity contribution is 6.09. The largest absolute Gasteiger partial charge is 0.455 e. The van der Waals surface area contributed by atoms with Crippen molar-refractivity contribution in [3.05, 3.63) is 164 Å². The lowest BCUT2D eigenvalue weighted by Crippen LogP contribution is -2.01. The van der Waals surface area contributed by atoms with Gasteiger partial charge in [-0.05, 0) is 33.5 Å². The Labute approximate surface area is 271 Å². The molecule has 4 nitrogen and oxygen atoms in total. The van der Waals surface area contributed by atoms with Gasteiger partial charge in [0.15, 0.2) is 17.5 Å². The van der Waals surface area contributed by atoms with Crippen LogP contribution in [0.2, 0.25) is 0 Å². The van der Waals surface area contributed by atoms with Crippen LogP contribution in [0.1, 0.15) is 0 Å². The zero-order valence-electron chi connectivity index (χ0n) is 25.3. The van der Waals surface area contributed by atoms with Gasteiger partial charge in [0, 0.05) is 33.0 Å². The van der Waals surface area contributed by atoms with Crippen molar-refractivity contribution in [2.75, 3.05) is 0 Å². The second kappa shape index (κ2) is 11.2. The zero-order chi connectivity index (χ0) is 31.2. The van der Waals surface area contributed by atoms with Gasteiger partial charge in [0.25, 0.3) is 0 Å². The quantitative estimate of drug-likeness (QED) is 0.197. The van der Waals surface area contributed by atoms with E-state index in [9.17, 15) is 0 Å². The minimum Gasteiger partial charge on any atom is -0.455 e. The Bertz CT molecular complexity index is 2560. The van der Waals surface area contributed by atoms with E-state index in [0.29, 0.717) is 17.5 Å². The summed E-state index contributed by atoms with van der Waals surface area (Å²) in [6.45, 7) is 0. The highest BCUT2D eigenvalue weighted by atomic mass is 16.3. The third-order valence-corrected chi connectivity index (χ3v) is 8.77. The van der Waals surface area contributed by atoms with Crippen molar-refractivity contribution in [1.82, 2.24) is 15.0 Å². The number of furan rings is 1. The lowest BCUT2D eigenvalue weighted by molar-refractivity contribution is 0.670. The van der Waals surface area contributed by atoms with Crippen LogP contribution in [0.4, 0.5) is 0 Å². The van der Waals surface area contributed by atoms with E-state index in [2.05, 4.69) is 109 Å². The summed E-state index contributed by atoms with van der Waals surface area (Å²) in [7, 11) is 0. The van der Waals surface area contributed by atoms with Crippen molar-refractivity contribution in [1.29, 1.82) is 0 Å². The number of aromatic nitrogens is 3. The monoisotopic (exact) mass is 601 g/mol. The summed E-state index contributed by atoms with van der Waals surface area (Å²) in [6, 6.07) is 56.3. The molecule has 0 aliphatic carbocycles. The molecule has 7 aromatic carbocycles. The minimum atomic E-state index is 0.620. The number of hydrogen-bond donors (Lipinski definition) is 0. The SMILES string of the molecule is c1ccc(-c2nc(-c3ccc(-c4cccc5c4oc4ccccc45)cc3)nc(-c3ccccc3-c3cccc4ccccc34)n2)cc1. The summed E-state index contributed by atoms with van der Waals surface area (Å²) in [5.41, 5.74) is 8.93. The Kier molecular flexibility index (Phi) is 6.43. The number of benzene rings is 7. The summed E-state index contributed by atoms with van der Waals surface area (Å²) in [5, 5.41) is 4.62. The van der Waals surface area contributed by atoms with Gasteiger partial charge in [0.1, 0.15) is 11.2 Å². The van der Waals surface area contributed by atoms with E-state index in [1.54, 1.807) is 0 Å². The standard InChI is InChI=1S/C43H27N3O/c1-2-13-30(14-3-1)41-44-42(31-26-24-29(25-27-31)33-20-11-22-37-36-18-8-9-23-39(36)47-40(33)37)46-43(45-41)38-19-7-6-17-35(38)34-21-10-15-28-12-4-5-16-32(28)34/h1-27H. The molecule has 0 unspecified atom stereocenters. The first-order valence-corrected chi connectivity index (χ1v) is 15.7. The Morgan fingerprint density at radius 3 is 1.68 bits per heavy atom. The van der Waals surface area contributed by atoms with Crippen LogP contribution in [0.15, 0.2) is 168 Å². The van der Waals surface area contributed by atoms with Gasteiger partial charge < -0.3 is 4.42 Å². The van der Waals surface area contributed by atoms with E-state index in [0.717, 1.165) is 60.9 Å². The molecule has 220 valence electrons. The van der Waals surface area contributed by atoms with Gasteiger partial charge in [-0.3, -0.25) is 0 Å². The molecule has 0 N–H and O–H groups in total. The average Bonchev–Trinajstić information content (AvgIpc) is 3.54. The van der Waals surface area contributed by atoms with Gasteiger partial charge >= 0.3 is 0 Å². The molecule has 0 fully saturated rings. The van der Waals surface area contributed by atoms with Crippen LogP contribution in [0.25, 0.3) is 89.1 Å². The molecule has 0 spiro atoms. The van der Waals surface area contributed by atoms with Gasteiger partial charge in [-0.2, -0.15) is 0 Å². The van der Waals surface area contributed by atoms with E-state index in [-0.39, 0.29) is 0 Å². The molecule has 0 aliphatic heterocycles. The topological polar surface area (TPSA) is 51.8 Å². The van der Waals surface area contributed by atoms with Crippen LogP contribution in [0.5, 0.6) is 0 Å². The molecule has 47 heavy (non-hydrogen) atoms. The Morgan fingerprint density at radius 1 is 0.319 bits per heavy atom. The van der Waals surface area contributed by atoms with E-state index >= 15 is 0 Å². The van der Waals surface area contributed by atoms with Gasteiger partial charge in [0.2, 0.25) is 0 Å². The molecule has 4 heteroatoms. The van der Waals surface area contributed by atoms with E-state index in [1.165, 1.54) is 10.8 Å². The van der Waals surface area contributed by atoms with Crippen LogP contribution < -0.4 is 0 Å². The zero-order valence-corrected chi connectivity index (χ0v) is 25.3. The number of nitrogens with zero attached hydrogens (tertiary/aromatic N) is 3. The molecular formula is C43H27N3O. The Morgan fingerprint density at radius 2 is 0.851 bits per heavy atom. The first-order valence-electron chi connectivity index (χ1n) is 15.7. The lowest BCUT2D eigenvalue weighted by Gasteiger charge is -2.13. The first kappa shape index (κ1) is 27.0. The number of hydrogen-bond acceptors (Lipinski definition) is 4. The van der Waals surface area contributed by atoms with E-state index < -0.39 is 0 Å². The summed E-state index contributed by atoms with van der Waals surface area (Å²) in [4.78, 5) is 15.1. The van der Waals surface area contributed by atoms with Crippen LogP contribution in [0.3, 0.4) is 0 Å². The van der Waals surface area contributed by atoms with Crippen LogP contribution in [0, 0.1) is 0 Å². The van der Waals surface area contributed by atoms with Crippen molar-refractivity contribution in [2.24, 2.45) is 0 Å². The molecule has 0 bridgehead atoms. The van der Waals surface area contributed by atoms with Crippen molar-refractivity contribution in [2.45, 2.75) is 0 Å². The number of rotatable bonds is 5. The van der Waals surface area contributed by atoms with Gasteiger partial charge in [0.05, 0.1) is 0 Å². The average molecular weight is 602 g/mol. The molecule has 0 aliphatic rings. The molecule has 0 radical (unpaired) electrons. The fourth-order valence-corrected chi connectivity index (χ4v) is 6.49. The highest BCUT2D eigenvalue weighted by Gasteiger charge is 2.17. The molecule has 2 heterocycles. The Hall–Kier alpha value is -6.39. The third-order valence-electron chi connectivity index (χ3n) is 8.77. The molecule has 9 aromatic rings. The second-order valence-corrected chi connectivity index (χ2v) is 11.6. The van der Waals surface area contributed by atoms with Crippen molar-refractivity contribution in [3.63, 3.8) is 0 Å². The van der Waals surface area contributed by atoms with E-state index in [4.69, 9.17) is 19.4 Å².